The van der Waals surface area contributed by atoms with Crippen molar-refractivity contribution in [2.45, 2.75) is 4.90 Å². The molecule has 0 atom stereocenters. The van der Waals surface area contributed by atoms with E-state index in [0.717, 1.165) is 18.0 Å². The smallest absolute Gasteiger partial charge is 0.214 e. The van der Waals surface area contributed by atoms with E-state index < -0.39 is 17.6 Å². The van der Waals surface area contributed by atoms with Gasteiger partial charge in [0, 0.05) is 13.2 Å². The number of aromatic nitrogens is 1. The van der Waals surface area contributed by atoms with Crippen LogP contribution in [0.2, 0.25) is 5.02 Å². The van der Waals surface area contributed by atoms with E-state index in [1.165, 1.54) is 29.6 Å². The Labute approximate surface area is 128 Å². The number of pyridine rings is 1. The van der Waals surface area contributed by atoms with Crippen molar-refractivity contribution in [1.29, 1.82) is 0 Å². The lowest BCUT2D eigenvalue weighted by Crippen LogP contribution is -2.19. The summed E-state index contributed by atoms with van der Waals surface area (Å²) in [6.07, 6.45) is 0. The number of ether oxygens (including phenoxy) is 1. The number of hydrogen-bond acceptors (Lipinski definition) is 4. The van der Waals surface area contributed by atoms with Crippen LogP contribution in [-0.2, 0) is 4.74 Å². The van der Waals surface area contributed by atoms with E-state index >= 15 is 0 Å². The van der Waals surface area contributed by atoms with Crippen LogP contribution in [0, 0.1) is 17.6 Å². The maximum atomic E-state index is 13.7. The van der Waals surface area contributed by atoms with E-state index in [-0.39, 0.29) is 22.5 Å². The van der Waals surface area contributed by atoms with Crippen LogP contribution in [0.3, 0.4) is 0 Å². The molecule has 1 aromatic heterocycles. The third kappa shape index (κ3) is 4.03. The van der Waals surface area contributed by atoms with Gasteiger partial charge in [-0.25, -0.2) is 13.8 Å². The Morgan fingerprint density at radius 1 is 1.24 bits per heavy atom. The van der Waals surface area contributed by atoms with Gasteiger partial charge in [0.05, 0.1) is 9.92 Å². The molecule has 0 saturated carbocycles. The highest BCUT2D eigenvalue weighted by atomic mass is 35.5. The summed E-state index contributed by atoms with van der Waals surface area (Å²) in [5.41, 5.74) is 0. The summed E-state index contributed by atoms with van der Waals surface area (Å²) in [5, 5.41) is -0.205. The van der Waals surface area contributed by atoms with Gasteiger partial charge < -0.3 is 4.74 Å². The second-order valence-corrected chi connectivity index (χ2v) is 5.37. The highest BCUT2D eigenvalue weighted by Crippen LogP contribution is 2.32. The van der Waals surface area contributed by atoms with Gasteiger partial charge in [0.25, 0.3) is 0 Å². The summed E-state index contributed by atoms with van der Waals surface area (Å²) in [6.45, 7) is 0.0234. The average molecular weight is 335 g/mol. The molecule has 21 heavy (non-hydrogen) atoms. The lowest BCUT2D eigenvalue weighted by Gasteiger charge is -2.21. The minimum Gasteiger partial charge on any atom is -0.363 e. The molecule has 0 bridgehead atoms. The second-order valence-electron chi connectivity index (χ2n) is 3.90. The first-order valence-corrected chi connectivity index (χ1v) is 6.88. The Morgan fingerprint density at radius 2 is 2.00 bits per heavy atom. The number of anilines is 1. The molecular weight excluding hydrogens is 325 g/mol. The van der Waals surface area contributed by atoms with Crippen molar-refractivity contribution < 1.29 is 17.9 Å². The molecular formula is C13H10ClF3N2OS. The van der Waals surface area contributed by atoms with Crippen LogP contribution in [0.25, 0.3) is 0 Å². The third-order valence-corrected chi connectivity index (χ3v) is 3.70. The standard InChI is InChI=1S/C13H10ClF3N2OS/c1-20-7-19(13-4-2-3-12(17)18-13)21-11-5-8(14)9(15)6-10(11)16/h2-6H,7H2,1H3. The van der Waals surface area contributed by atoms with Crippen LogP contribution in [0.5, 0.6) is 0 Å². The fraction of sp³-hybridized carbons (Fsp3) is 0.154. The highest BCUT2D eigenvalue weighted by Gasteiger charge is 2.16. The van der Waals surface area contributed by atoms with E-state index in [2.05, 4.69) is 4.98 Å². The van der Waals surface area contributed by atoms with Gasteiger partial charge in [-0.15, -0.1) is 0 Å². The van der Waals surface area contributed by atoms with Gasteiger partial charge in [-0.3, -0.25) is 4.31 Å². The molecule has 2 aromatic rings. The molecule has 1 heterocycles. The van der Waals surface area contributed by atoms with Crippen molar-refractivity contribution in [1.82, 2.24) is 4.98 Å². The number of halogens is 4. The van der Waals surface area contributed by atoms with Crippen LogP contribution in [-0.4, -0.2) is 18.8 Å². The van der Waals surface area contributed by atoms with E-state index in [9.17, 15) is 13.2 Å². The SMILES string of the molecule is COCN(Sc1cc(Cl)c(F)cc1F)c1cccc(F)n1. The Bertz CT molecular complexity index is 645. The molecule has 112 valence electrons. The van der Waals surface area contributed by atoms with E-state index in [4.69, 9.17) is 16.3 Å². The number of hydrogen-bond donors (Lipinski definition) is 0. The zero-order valence-electron chi connectivity index (χ0n) is 10.8. The first-order valence-electron chi connectivity index (χ1n) is 5.73. The molecule has 0 fully saturated rings. The van der Waals surface area contributed by atoms with Crippen molar-refractivity contribution >= 4 is 29.4 Å². The summed E-state index contributed by atoms with van der Waals surface area (Å²) < 4.78 is 46.4. The summed E-state index contributed by atoms with van der Waals surface area (Å²) in [7, 11) is 1.43. The molecule has 0 spiro atoms. The second kappa shape index (κ2) is 7.02. The maximum Gasteiger partial charge on any atom is 0.214 e. The van der Waals surface area contributed by atoms with Gasteiger partial charge in [-0.05, 0) is 30.1 Å². The number of nitrogens with zero attached hydrogens (tertiary/aromatic N) is 2. The maximum absolute atomic E-state index is 13.7. The molecule has 0 aliphatic heterocycles. The summed E-state index contributed by atoms with van der Waals surface area (Å²) in [5.74, 6) is -2.06. The predicted octanol–water partition coefficient (Wildman–Crippen LogP) is 4.27. The van der Waals surface area contributed by atoms with Gasteiger partial charge in [0.15, 0.2) is 0 Å². The molecule has 0 aliphatic rings. The van der Waals surface area contributed by atoms with Gasteiger partial charge in [-0.2, -0.15) is 4.39 Å². The highest BCUT2D eigenvalue weighted by molar-refractivity contribution is 8.00. The number of benzene rings is 1. The Morgan fingerprint density at radius 3 is 2.67 bits per heavy atom. The van der Waals surface area contributed by atoms with Crippen LogP contribution < -0.4 is 4.31 Å². The van der Waals surface area contributed by atoms with Crippen molar-refractivity contribution in [2.75, 3.05) is 18.1 Å². The molecule has 0 N–H and O–H groups in total. The lowest BCUT2D eigenvalue weighted by molar-refractivity contribution is 0.211. The largest absolute Gasteiger partial charge is 0.363 e. The minimum absolute atomic E-state index is 0.0234. The fourth-order valence-corrected chi connectivity index (χ4v) is 2.62. The zero-order valence-corrected chi connectivity index (χ0v) is 12.4. The van der Waals surface area contributed by atoms with Gasteiger partial charge in [0.1, 0.15) is 24.2 Å². The van der Waals surface area contributed by atoms with Crippen LogP contribution in [0.15, 0.2) is 35.2 Å². The third-order valence-electron chi connectivity index (χ3n) is 2.39. The van der Waals surface area contributed by atoms with E-state index in [1.54, 1.807) is 0 Å². The predicted molar refractivity (Wildman–Crippen MR) is 75.8 cm³/mol. The first-order chi connectivity index (χ1) is 10.0. The molecule has 3 nitrogen and oxygen atoms in total. The Kier molecular flexibility index (Phi) is 5.33. The summed E-state index contributed by atoms with van der Waals surface area (Å²) in [6, 6.07) is 6.04. The van der Waals surface area contributed by atoms with E-state index in [0.29, 0.717) is 6.07 Å². The molecule has 0 saturated heterocycles. The number of rotatable bonds is 5. The van der Waals surface area contributed by atoms with Crippen LogP contribution >= 0.6 is 23.5 Å². The molecule has 1 aromatic carbocycles. The van der Waals surface area contributed by atoms with Crippen LogP contribution in [0.4, 0.5) is 19.0 Å². The topological polar surface area (TPSA) is 25.4 Å². The Hall–Kier alpha value is -1.44. The fourth-order valence-electron chi connectivity index (χ4n) is 1.49. The Balaban J connectivity index is 2.30. The molecule has 2 rings (SSSR count). The molecule has 0 amide bonds. The summed E-state index contributed by atoms with van der Waals surface area (Å²) in [4.78, 5) is 3.76. The number of methoxy groups -OCH3 is 1. The normalized spacial score (nSPS) is 10.7. The molecule has 0 radical (unpaired) electrons. The van der Waals surface area contributed by atoms with Gasteiger partial charge >= 0.3 is 0 Å². The lowest BCUT2D eigenvalue weighted by atomic mass is 10.3. The quantitative estimate of drug-likeness (QED) is 0.353. The van der Waals surface area contributed by atoms with E-state index in [1.807, 2.05) is 0 Å². The summed E-state index contributed by atoms with van der Waals surface area (Å²) >= 11 is 6.51. The van der Waals surface area contributed by atoms with Crippen molar-refractivity contribution in [3.05, 3.63) is 52.9 Å². The van der Waals surface area contributed by atoms with Gasteiger partial charge in [-0.1, -0.05) is 17.7 Å². The molecule has 0 unspecified atom stereocenters. The minimum atomic E-state index is -0.847. The average Bonchev–Trinajstić information content (AvgIpc) is 2.44. The van der Waals surface area contributed by atoms with Crippen molar-refractivity contribution in [3.63, 3.8) is 0 Å². The first kappa shape index (κ1) is 15.9. The van der Waals surface area contributed by atoms with Crippen molar-refractivity contribution in [3.8, 4) is 0 Å². The van der Waals surface area contributed by atoms with Gasteiger partial charge in [0.2, 0.25) is 5.95 Å². The molecule has 8 heteroatoms. The monoisotopic (exact) mass is 334 g/mol. The zero-order chi connectivity index (χ0) is 15.4. The molecule has 0 aliphatic carbocycles. The van der Waals surface area contributed by atoms with Crippen molar-refractivity contribution in [2.24, 2.45) is 0 Å². The van der Waals surface area contributed by atoms with Crippen LogP contribution in [0.1, 0.15) is 0 Å².